The zero-order valence-corrected chi connectivity index (χ0v) is 8.55. The highest BCUT2D eigenvalue weighted by Crippen LogP contribution is 2.35. The molecule has 2 atom stereocenters. The van der Waals surface area contributed by atoms with Gasteiger partial charge in [0.05, 0.1) is 6.61 Å². The van der Waals surface area contributed by atoms with Crippen LogP contribution in [0.3, 0.4) is 0 Å². The van der Waals surface area contributed by atoms with Gasteiger partial charge in [-0.25, -0.2) is 0 Å². The summed E-state index contributed by atoms with van der Waals surface area (Å²) >= 11 is 0. The predicted octanol–water partition coefficient (Wildman–Crippen LogP) is 0.476. The maximum absolute atomic E-state index is 8.76. The maximum Gasteiger partial charge on any atom is 0.0556 e. The van der Waals surface area contributed by atoms with Crippen LogP contribution in [0.4, 0.5) is 0 Å². The first-order valence-electron chi connectivity index (χ1n) is 5.32. The Kier molecular flexibility index (Phi) is 4.16. The normalized spacial score (nSPS) is 33.9. The van der Waals surface area contributed by atoms with Crippen molar-refractivity contribution in [1.29, 1.82) is 0 Å². The van der Waals surface area contributed by atoms with Crippen molar-refractivity contribution in [2.75, 3.05) is 19.7 Å². The molecule has 3 nitrogen and oxygen atoms in total. The van der Waals surface area contributed by atoms with Crippen molar-refractivity contribution in [3.05, 3.63) is 0 Å². The Balaban J connectivity index is 2.42. The Labute approximate surface area is 80.7 Å². The topological polar surface area (TPSA) is 58.3 Å². The molecule has 0 aromatic rings. The van der Waals surface area contributed by atoms with Crippen LogP contribution in [0.1, 0.15) is 32.6 Å². The molecule has 0 spiro atoms. The van der Waals surface area contributed by atoms with Crippen LogP contribution in [0.2, 0.25) is 0 Å². The van der Waals surface area contributed by atoms with Crippen molar-refractivity contribution >= 4 is 0 Å². The Hall–Kier alpha value is -0.120. The van der Waals surface area contributed by atoms with Crippen LogP contribution < -0.4 is 11.1 Å². The van der Waals surface area contributed by atoms with Gasteiger partial charge in [0.15, 0.2) is 0 Å². The van der Waals surface area contributed by atoms with Crippen LogP contribution in [0.25, 0.3) is 0 Å². The number of aliphatic hydroxyl groups excluding tert-OH is 1. The summed E-state index contributed by atoms with van der Waals surface area (Å²) < 4.78 is 0. The summed E-state index contributed by atoms with van der Waals surface area (Å²) in [4.78, 5) is 0. The monoisotopic (exact) mass is 186 g/mol. The number of β-amino-alcohol motifs (C(OH)–C–C–N with tert-alkyl or cyclic N) is 1. The first-order valence-corrected chi connectivity index (χ1v) is 5.32. The summed E-state index contributed by atoms with van der Waals surface area (Å²) in [6, 6.07) is 0. The molecule has 2 unspecified atom stereocenters. The lowest BCUT2D eigenvalue weighted by Gasteiger charge is -2.29. The van der Waals surface area contributed by atoms with Crippen molar-refractivity contribution in [3.8, 4) is 0 Å². The standard InChI is InChI=1S/C10H22N2O/c1-2-9-3-4-10(7-9,8-11)12-5-6-13/h9,12-13H,2-8,11H2,1H3. The number of hydrogen-bond donors (Lipinski definition) is 3. The van der Waals surface area contributed by atoms with Gasteiger partial charge in [-0.3, -0.25) is 0 Å². The van der Waals surface area contributed by atoms with E-state index in [0.29, 0.717) is 13.1 Å². The molecule has 1 fully saturated rings. The van der Waals surface area contributed by atoms with E-state index >= 15 is 0 Å². The predicted molar refractivity (Wildman–Crippen MR) is 54.5 cm³/mol. The smallest absolute Gasteiger partial charge is 0.0556 e. The van der Waals surface area contributed by atoms with Gasteiger partial charge in [0.1, 0.15) is 0 Å². The lowest BCUT2D eigenvalue weighted by atomic mass is 9.95. The van der Waals surface area contributed by atoms with E-state index in [-0.39, 0.29) is 12.1 Å². The van der Waals surface area contributed by atoms with Crippen LogP contribution in [-0.2, 0) is 0 Å². The molecular weight excluding hydrogens is 164 g/mol. The zero-order valence-electron chi connectivity index (χ0n) is 8.55. The van der Waals surface area contributed by atoms with Crippen molar-refractivity contribution < 1.29 is 5.11 Å². The van der Waals surface area contributed by atoms with E-state index in [1.165, 1.54) is 25.7 Å². The molecule has 1 aliphatic carbocycles. The zero-order chi connectivity index (χ0) is 9.73. The second kappa shape index (κ2) is 4.94. The molecule has 13 heavy (non-hydrogen) atoms. The molecular formula is C10H22N2O. The SMILES string of the molecule is CCC1CCC(CN)(NCCO)C1. The van der Waals surface area contributed by atoms with Crippen LogP contribution in [0.15, 0.2) is 0 Å². The average molecular weight is 186 g/mol. The summed E-state index contributed by atoms with van der Waals surface area (Å²) in [5, 5.41) is 12.1. The van der Waals surface area contributed by atoms with Crippen LogP contribution >= 0.6 is 0 Å². The molecule has 0 saturated heterocycles. The van der Waals surface area contributed by atoms with Crippen LogP contribution in [0, 0.1) is 5.92 Å². The fourth-order valence-corrected chi connectivity index (χ4v) is 2.32. The van der Waals surface area contributed by atoms with E-state index in [0.717, 1.165) is 5.92 Å². The molecule has 4 N–H and O–H groups in total. The van der Waals surface area contributed by atoms with Crippen molar-refractivity contribution in [2.24, 2.45) is 11.7 Å². The van der Waals surface area contributed by atoms with Crippen molar-refractivity contribution in [1.82, 2.24) is 5.32 Å². The Morgan fingerprint density at radius 1 is 1.62 bits per heavy atom. The number of rotatable bonds is 5. The van der Waals surface area contributed by atoms with E-state index in [1.54, 1.807) is 0 Å². The minimum atomic E-state index is 0.128. The second-order valence-corrected chi connectivity index (χ2v) is 4.15. The molecule has 0 aliphatic heterocycles. The molecule has 78 valence electrons. The molecule has 0 bridgehead atoms. The number of nitrogens with one attached hydrogen (secondary N) is 1. The first-order chi connectivity index (χ1) is 6.26. The first kappa shape index (κ1) is 11.0. The van der Waals surface area contributed by atoms with Gasteiger partial charge in [0.25, 0.3) is 0 Å². The van der Waals surface area contributed by atoms with Gasteiger partial charge in [-0.15, -0.1) is 0 Å². The highest BCUT2D eigenvalue weighted by atomic mass is 16.3. The average Bonchev–Trinajstić information content (AvgIpc) is 2.59. The molecule has 1 aliphatic rings. The van der Waals surface area contributed by atoms with Gasteiger partial charge in [-0.2, -0.15) is 0 Å². The minimum Gasteiger partial charge on any atom is -0.395 e. The molecule has 0 aromatic carbocycles. The van der Waals surface area contributed by atoms with Gasteiger partial charge >= 0.3 is 0 Å². The molecule has 0 heterocycles. The van der Waals surface area contributed by atoms with Gasteiger partial charge in [0, 0.05) is 18.6 Å². The maximum atomic E-state index is 8.76. The number of nitrogens with two attached hydrogens (primary N) is 1. The third-order valence-corrected chi connectivity index (χ3v) is 3.29. The molecule has 0 radical (unpaired) electrons. The van der Waals surface area contributed by atoms with Crippen molar-refractivity contribution in [2.45, 2.75) is 38.1 Å². The van der Waals surface area contributed by atoms with E-state index < -0.39 is 0 Å². The van der Waals surface area contributed by atoms with Crippen molar-refractivity contribution in [3.63, 3.8) is 0 Å². The third-order valence-electron chi connectivity index (χ3n) is 3.29. The number of hydrogen-bond acceptors (Lipinski definition) is 3. The lowest BCUT2D eigenvalue weighted by Crippen LogP contribution is -2.50. The third kappa shape index (κ3) is 2.66. The Bertz CT molecular complexity index is 152. The summed E-state index contributed by atoms with van der Waals surface area (Å²) in [5.74, 6) is 0.828. The Morgan fingerprint density at radius 3 is 2.85 bits per heavy atom. The summed E-state index contributed by atoms with van der Waals surface area (Å²) in [6.07, 6.45) is 4.89. The van der Waals surface area contributed by atoms with E-state index in [9.17, 15) is 0 Å². The molecule has 1 saturated carbocycles. The van der Waals surface area contributed by atoms with Crippen LogP contribution in [-0.4, -0.2) is 30.3 Å². The molecule has 0 amide bonds. The fraction of sp³-hybridized carbons (Fsp3) is 1.00. The summed E-state index contributed by atoms with van der Waals surface area (Å²) in [5.41, 5.74) is 5.91. The van der Waals surface area contributed by atoms with Crippen LogP contribution in [0.5, 0.6) is 0 Å². The lowest BCUT2D eigenvalue weighted by molar-refractivity contribution is 0.250. The van der Waals surface area contributed by atoms with Gasteiger partial charge < -0.3 is 16.2 Å². The highest BCUT2D eigenvalue weighted by Gasteiger charge is 2.36. The summed E-state index contributed by atoms with van der Waals surface area (Å²) in [7, 11) is 0. The van der Waals surface area contributed by atoms with E-state index in [2.05, 4.69) is 12.2 Å². The summed E-state index contributed by atoms with van der Waals surface area (Å²) in [6.45, 7) is 3.82. The second-order valence-electron chi connectivity index (χ2n) is 4.15. The number of aliphatic hydroxyl groups is 1. The quantitative estimate of drug-likeness (QED) is 0.585. The molecule has 1 rings (SSSR count). The molecule has 3 heteroatoms. The van der Waals surface area contributed by atoms with Gasteiger partial charge in [0.2, 0.25) is 0 Å². The fourth-order valence-electron chi connectivity index (χ4n) is 2.32. The van der Waals surface area contributed by atoms with Gasteiger partial charge in [-0.1, -0.05) is 13.3 Å². The highest BCUT2D eigenvalue weighted by molar-refractivity contribution is 4.96. The van der Waals surface area contributed by atoms with E-state index in [4.69, 9.17) is 10.8 Å². The van der Waals surface area contributed by atoms with Gasteiger partial charge in [-0.05, 0) is 25.2 Å². The van der Waals surface area contributed by atoms with E-state index in [1.807, 2.05) is 0 Å². The minimum absolute atomic E-state index is 0.128. The largest absolute Gasteiger partial charge is 0.395 e. The molecule has 0 aromatic heterocycles. The Morgan fingerprint density at radius 2 is 2.38 bits per heavy atom.